The highest BCUT2D eigenvalue weighted by atomic mass is 16.6. The second-order valence-electron chi connectivity index (χ2n) is 7.15. The number of hydrogen-bond acceptors (Lipinski definition) is 3. The van der Waals surface area contributed by atoms with Crippen LogP contribution in [0.2, 0.25) is 0 Å². The molecule has 120 valence electrons. The molecule has 0 saturated carbocycles. The van der Waals surface area contributed by atoms with Gasteiger partial charge in [-0.3, -0.25) is 0 Å². The largest absolute Gasteiger partial charge is 0.444 e. The molecule has 1 amide bonds. The lowest BCUT2D eigenvalue weighted by Gasteiger charge is -2.39. The summed E-state index contributed by atoms with van der Waals surface area (Å²) in [5, 5.41) is 0. The molecule has 4 nitrogen and oxygen atoms in total. The van der Waals surface area contributed by atoms with E-state index in [0.29, 0.717) is 19.5 Å². The summed E-state index contributed by atoms with van der Waals surface area (Å²) in [5.41, 5.74) is 0.106. The van der Waals surface area contributed by atoms with Crippen molar-refractivity contribution in [2.45, 2.75) is 45.6 Å². The van der Waals surface area contributed by atoms with E-state index >= 15 is 0 Å². The zero-order valence-electron chi connectivity index (χ0n) is 13.7. The molecule has 0 aliphatic carbocycles. The van der Waals surface area contributed by atoms with Gasteiger partial charge >= 0.3 is 6.09 Å². The normalized spacial score (nSPS) is 22.2. The van der Waals surface area contributed by atoms with E-state index in [4.69, 9.17) is 4.74 Å². The Morgan fingerprint density at radius 2 is 2.00 bits per heavy atom. The SMILES string of the molecule is CC(C)(C)OC(=O)N1CCC[C@@](C=O)(Cc2ccccc2)C1. The average molecular weight is 303 g/mol. The second-order valence-corrected chi connectivity index (χ2v) is 7.15. The minimum absolute atomic E-state index is 0.327. The maximum Gasteiger partial charge on any atom is 0.410 e. The van der Waals surface area contributed by atoms with Crippen molar-refractivity contribution in [1.29, 1.82) is 0 Å². The zero-order chi connectivity index (χ0) is 16.2. The highest BCUT2D eigenvalue weighted by molar-refractivity contribution is 5.70. The van der Waals surface area contributed by atoms with Gasteiger partial charge in [0.05, 0.1) is 0 Å². The van der Waals surface area contributed by atoms with Crippen LogP contribution in [0.5, 0.6) is 0 Å². The molecule has 22 heavy (non-hydrogen) atoms. The third-order valence-corrected chi connectivity index (χ3v) is 3.91. The molecule has 1 heterocycles. The fourth-order valence-corrected chi connectivity index (χ4v) is 2.93. The lowest BCUT2D eigenvalue weighted by molar-refractivity contribution is -0.119. The van der Waals surface area contributed by atoms with E-state index in [2.05, 4.69) is 0 Å². The van der Waals surface area contributed by atoms with Crippen molar-refractivity contribution in [1.82, 2.24) is 4.90 Å². The quantitative estimate of drug-likeness (QED) is 0.804. The second kappa shape index (κ2) is 6.51. The third kappa shape index (κ3) is 4.33. The van der Waals surface area contributed by atoms with Crippen molar-refractivity contribution in [3.8, 4) is 0 Å². The first-order valence-corrected chi connectivity index (χ1v) is 7.82. The molecule has 1 atom stereocenters. The van der Waals surface area contributed by atoms with Crippen LogP contribution >= 0.6 is 0 Å². The molecule has 2 rings (SSSR count). The fourth-order valence-electron chi connectivity index (χ4n) is 2.93. The van der Waals surface area contributed by atoms with Crippen LogP contribution in [0.3, 0.4) is 0 Å². The van der Waals surface area contributed by atoms with E-state index in [1.165, 1.54) is 0 Å². The molecule has 0 bridgehead atoms. The molecule has 0 unspecified atom stereocenters. The first-order valence-electron chi connectivity index (χ1n) is 7.82. The number of benzene rings is 1. The zero-order valence-corrected chi connectivity index (χ0v) is 13.7. The van der Waals surface area contributed by atoms with Gasteiger partial charge in [-0.25, -0.2) is 4.79 Å². The molecule has 1 aromatic rings. The van der Waals surface area contributed by atoms with E-state index < -0.39 is 11.0 Å². The summed E-state index contributed by atoms with van der Waals surface area (Å²) < 4.78 is 5.44. The molecule has 0 aromatic heterocycles. The summed E-state index contributed by atoms with van der Waals surface area (Å²) in [6.45, 7) is 6.64. The number of hydrogen-bond donors (Lipinski definition) is 0. The van der Waals surface area contributed by atoms with Crippen LogP contribution in [0.4, 0.5) is 4.79 Å². The van der Waals surface area contributed by atoms with Crippen molar-refractivity contribution in [3.63, 3.8) is 0 Å². The van der Waals surface area contributed by atoms with E-state index in [1.54, 1.807) is 4.90 Å². The molecule has 1 aliphatic heterocycles. The first-order chi connectivity index (χ1) is 10.3. The lowest BCUT2D eigenvalue weighted by atomic mass is 9.76. The molecule has 0 radical (unpaired) electrons. The van der Waals surface area contributed by atoms with E-state index in [9.17, 15) is 9.59 Å². The molecule has 1 aliphatic rings. The summed E-state index contributed by atoms with van der Waals surface area (Å²) in [5.74, 6) is 0. The molecular formula is C18H25NO3. The topological polar surface area (TPSA) is 46.6 Å². The smallest absolute Gasteiger partial charge is 0.410 e. The number of nitrogens with zero attached hydrogens (tertiary/aromatic N) is 1. The van der Waals surface area contributed by atoms with Crippen molar-refractivity contribution in [3.05, 3.63) is 35.9 Å². The number of ether oxygens (including phenoxy) is 1. The van der Waals surface area contributed by atoms with Gasteiger partial charge in [0.1, 0.15) is 11.9 Å². The lowest BCUT2D eigenvalue weighted by Crippen LogP contribution is -2.49. The molecule has 4 heteroatoms. The molecule has 0 N–H and O–H groups in total. The Bertz CT molecular complexity index is 521. The predicted molar refractivity (Wildman–Crippen MR) is 85.7 cm³/mol. The molecule has 0 spiro atoms. The number of aldehydes is 1. The third-order valence-electron chi connectivity index (χ3n) is 3.91. The van der Waals surface area contributed by atoms with Crippen LogP contribution in [0.15, 0.2) is 30.3 Å². The van der Waals surface area contributed by atoms with Crippen LogP contribution in [0.1, 0.15) is 39.2 Å². The maximum absolute atomic E-state index is 12.3. The van der Waals surface area contributed by atoms with Crippen molar-refractivity contribution < 1.29 is 14.3 Å². The fraction of sp³-hybridized carbons (Fsp3) is 0.556. The first kappa shape index (κ1) is 16.5. The van der Waals surface area contributed by atoms with Crippen LogP contribution in [-0.2, 0) is 16.0 Å². The molecular weight excluding hydrogens is 278 g/mol. The highest BCUT2D eigenvalue weighted by Crippen LogP contribution is 2.32. The molecule has 1 aromatic carbocycles. The molecule has 1 saturated heterocycles. The number of piperidine rings is 1. The van der Waals surface area contributed by atoms with Gasteiger partial charge in [-0.15, -0.1) is 0 Å². The molecule has 1 fully saturated rings. The Hall–Kier alpha value is -1.84. The Morgan fingerprint density at radius 1 is 1.32 bits per heavy atom. The van der Waals surface area contributed by atoms with E-state index in [0.717, 1.165) is 24.7 Å². The number of likely N-dealkylation sites (tertiary alicyclic amines) is 1. The van der Waals surface area contributed by atoms with Crippen LogP contribution < -0.4 is 0 Å². The Kier molecular flexibility index (Phi) is 4.89. The monoisotopic (exact) mass is 303 g/mol. The van der Waals surface area contributed by atoms with Crippen molar-refractivity contribution >= 4 is 12.4 Å². The van der Waals surface area contributed by atoms with Gasteiger partial charge in [-0.1, -0.05) is 30.3 Å². The average Bonchev–Trinajstić information content (AvgIpc) is 2.47. The number of rotatable bonds is 3. The van der Waals surface area contributed by atoms with Gasteiger partial charge in [0.25, 0.3) is 0 Å². The Morgan fingerprint density at radius 3 is 2.59 bits per heavy atom. The van der Waals surface area contributed by atoms with Gasteiger partial charge in [0.2, 0.25) is 0 Å². The van der Waals surface area contributed by atoms with Gasteiger partial charge < -0.3 is 14.4 Å². The number of amides is 1. The van der Waals surface area contributed by atoms with E-state index in [1.807, 2.05) is 51.1 Å². The van der Waals surface area contributed by atoms with Gasteiger partial charge in [-0.05, 0) is 45.6 Å². The maximum atomic E-state index is 12.3. The minimum atomic E-state index is -0.516. The van der Waals surface area contributed by atoms with Gasteiger partial charge in [0, 0.05) is 18.5 Å². The van der Waals surface area contributed by atoms with Gasteiger partial charge in [-0.2, -0.15) is 0 Å². The van der Waals surface area contributed by atoms with Crippen LogP contribution in [0.25, 0.3) is 0 Å². The predicted octanol–water partition coefficient (Wildman–Crippen LogP) is 3.45. The summed E-state index contributed by atoms with van der Waals surface area (Å²) in [6.07, 6.45) is 2.99. The van der Waals surface area contributed by atoms with Crippen LogP contribution in [0, 0.1) is 5.41 Å². The van der Waals surface area contributed by atoms with E-state index in [-0.39, 0.29) is 6.09 Å². The minimum Gasteiger partial charge on any atom is -0.444 e. The number of carbonyl (C=O) groups excluding carboxylic acids is 2. The van der Waals surface area contributed by atoms with Crippen molar-refractivity contribution in [2.75, 3.05) is 13.1 Å². The highest BCUT2D eigenvalue weighted by Gasteiger charge is 2.38. The Labute approximate surface area is 132 Å². The summed E-state index contributed by atoms with van der Waals surface area (Å²) in [7, 11) is 0. The van der Waals surface area contributed by atoms with Crippen LogP contribution in [-0.4, -0.2) is 36.0 Å². The summed E-state index contributed by atoms with van der Waals surface area (Å²) >= 11 is 0. The summed E-state index contributed by atoms with van der Waals surface area (Å²) in [6, 6.07) is 9.96. The van der Waals surface area contributed by atoms with Gasteiger partial charge in [0.15, 0.2) is 0 Å². The standard InChI is InChI=1S/C18H25NO3/c1-17(2,3)22-16(21)19-11-7-10-18(13-19,14-20)12-15-8-5-4-6-9-15/h4-6,8-9,14H,7,10-13H2,1-3H3/t18-/m1/s1. The van der Waals surface area contributed by atoms with Crippen molar-refractivity contribution in [2.24, 2.45) is 5.41 Å². The summed E-state index contributed by atoms with van der Waals surface area (Å²) in [4.78, 5) is 25.7. The number of carbonyl (C=O) groups is 2. The Balaban J connectivity index is 2.09.